The van der Waals surface area contributed by atoms with E-state index in [0.717, 1.165) is 29.5 Å². The first-order valence-corrected chi connectivity index (χ1v) is 8.48. The van der Waals surface area contributed by atoms with Crippen LogP contribution in [-0.4, -0.2) is 33.4 Å². The molecule has 0 bridgehead atoms. The number of hydrogen-bond donors (Lipinski definition) is 2. The molecule has 0 unspecified atom stereocenters. The Morgan fingerprint density at radius 3 is 2.67 bits per heavy atom. The van der Waals surface area contributed by atoms with Crippen molar-refractivity contribution in [3.05, 3.63) is 21.8 Å². The van der Waals surface area contributed by atoms with E-state index in [4.69, 9.17) is 5.41 Å². The summed E-state index contributed by atoms with van der Waals surface area (Å²) in [6.07, 6.45) is 3.43. The normalized spacial score (nSPS) is 17.2. The van der Waals surface area contributed by atoms with Crippen LogP contribution in [0, 0.1) is 18.3 Å². The van der Waals surface area contributed by atoms with Crippen molar-refractivity contribution in [2.45, 2.75) is 53.0 Å². The van der Waals surface area contributed by atoms with Gasteiger partial charge in [0.05, 0.1) is 12.1 Å². The number of nitrogens with zero attached hydrogens (tertiary/aromatic N) is 2. The zero-order valence-electron chi connectivity index (χ0n) is 13.3. The first-order chi connectivity index (χ1) is 9.90. The molecule has 4 nitrogen and oxygen atoms in total. The Kier molecular flexibility index (Phi) is 5.04. The number of aliphatic hydroxyl groups is 1. The molecule has 21 heavy (non-hydrogen) atoms. The van der Waals surface area contributed by atoms with E-state index in [1.165, 1.54) is 17.8 Å². The van der Waals surface area contributed by atoms with Crippen molar-refractivity contribution in [2.75, 3.05) is 6.54 Å². The minimum Gasteiger partial charge on any atom is -0.510 e. The highest BCUT2D eigenvalue weighted by atomic mass is 32.1. The van der Waals surface area contributed by atoms with Gasteiger partial charge < -0.3 is 10.0 Å². The summed E-state index contributed by atoms with van der Waals surface area (Å²) in [7, 11) is 0. The van der Waals surface area contributed by atoms with Crippen molar-refractivity contribution < 1.29 is 5.11 Å². The quantitative estimate of drug-likeness (QED) is 0.827. The van der Waals surface area contributed by atoms with Gasteiger partial charge in [0.15, 0.2) is 0 Å². The third kappa shape index (κ3) is 3.64. The fourth-order valence-electron chi connectivity index (χ4n) is 2.65. The Hall–Kier alpha value is -1.36. The summed E-state index contributed by atoms with van der Waals surface area (Å²) in [4.78, 5) is 6.39. The van der Waals surface area contributed by atoms with Crippen molar-refractivity contribution in [3.63, 3.8) is 0 Å². The third-order valence-corrected chi connectivity index (χ3v) is 4.88. The van der Waals surface area contributed by atoms with Crippen LogP contribution in [0.25, 0.3) is 5.57 Å². The summed E-state index contributed by atoms with van der Waals surface area (Å²) in [5.74, 6) is 1.42. The number of rotatable bonds is 6. The van der Waals surface area contributed by atoms with Gasteiger partial charge in [-0.25, -0.2) is 4.98 Å². The van der Waals surface area contributed by atoms with Crippen LogP contribution in [0.15, 0.2) is 11.1 Å². The molecule has 1 aromatic rings. The molecule has 0 aliphatic carbocycles. The van der Waals surface area contributed by atoms with Crippen LogP contribution < -0.4 is 0 Å². The van der Waals surface area contributed by atoms with E-state index < -0.39 is 0 Å². The van der Waals surface area contributed by atoms with E-state index in [0.29, 0.717) is 18.0 Å². The smallest absolute Gasteiger partial charge is 0.135 e. The van der Waals surface area contributed by atoms with Gasteiger partial charge in [-0.15, -0.1) is 11.3 Å². The predicted octanol–water partition coefficient (Wildman–Crippen LogP) is 4.23. The molecule has 1 atom stereocenters. The molecule has 0 saturated carbocycles. The van der Waals surface area contributed by atoms with Crippen molar-refractivity contribution in [3.8, 4) is 0 Å². The third-order valence-electron chi connectivity index (χ3n) is 3.90. The maximum Gasteiger partial charge on any atom is 0.135 e. The lowest BCUT2D eigenvalue weighted by Gasteiger charge is -2.26. The summed E-state index contributed by atoms with van der Waals surface area (Å²) in [6.45, 7) is 8.98. The SMILES string of the molecule is Cc1csc(C2=C(O)CN([C@@H](C)CCCC(C)C)C2=N)n1. The Morgan fingerprint density at radius 2 is 2.10 bits per heavy atom. The molecule has 1 aliphatic heterocycles. The number of hydrogen-bond acceptors (Lipinski definition) is 4. The summed E-state index contributed by atoms with van der Waals surface area (Å²) in [6, 6.07) is 0.275. The van der Waals surface area contributed by atoms with Crippen molar-refractivity contribution in [1.29, 1.82) is 5.41 Å². The Labute approximate surface area is 131 Å². The average Bonchev–Trinajstić information content (AvgIpc) is 2.93. The number of amidine groups is 1. The largest absolute Gasteiger partial charge is 0.510 e. The first-order valence-electron chi connectivity index (χ1n) is 7.60. The Balaban J connectivity index is 2.02. The van der Waals surface area contributed by atoms with Crippen LogP contribution in [0.3, 0.4) is 0 Å². The molecular weight excluding hydrogens is 282 g/mol. The van der Waals surface area contributed by atoms with Crippen molar-refractivity contribution in [1.82, 2.24) is 9.88 Å². The van der Waals surface area contributed by atoms with Gasteiger partial charge in [-0.3, -0.25) is 5.41 Å². The molecule has 2 rings (SSSR count). The van der Waals surface area contributed by atoms with Gasteiger partial charge in [-0.1, -0.05) is 26.7 Å². The fourth-order valence-corrected chi connectivity index (χ4v) is 3.51. The summed E-state index contributed by atoms with van der Waals surface area (Å²) in [5, 5.41) is 21.3. The predicted molar refractivity (Wildman–Crippen MR) is 89.0 cm³/mol. The zero-order chi connectivity index (χ0) is 15.6. The van der Waals surface area contributed by atoms with Crippen LogP contribution >= 0.6 is 11.3 Å². The zero-order valence-corrected chi connectivity index (χ0v) is 14.1. The lowest BCUT2D eigenvalue weighted by molar-refractivity contribution is 0.289. The molecule has 2 heterocycles. The van der Waals surface area contributed by atoms with E-state index in [1.54, 1.807) is 0 Å². The van der Waals surface area contributed by atoms with Crippen LogP contribution in [0.1, 0.15) is 50.7 Å². The van der Waals surface area contributed by atoms with E-state index >= 15 is 0 Å². The number of nitrogens with one attached hydrogen (secondary N) is 1. The van der Waals surface area contributed by atoms with E-state index in [1.807, 2.05) is 17.2 Å². The van der Waals surface area contributed by atoms with Crippen LogP contribution in [0.5, 0.6) is 0 Å². The molecule has 2 N–H and O–H groups in total. The highest BCUT2D eigenvalue weighted by molar-refractivity contribution is 7.11. The van der Waals surface area contributed by atoms with Crippen molar-refractivity contribution >= 4 is 22.7 Å². The minimum atomic E-state index is 0.275. The molecule has 5 heteroatoms. The van der Waals surface area contributed by atoms with Gasteiger partial charge >= 0.3 is 0 Å². The summed E-state index contributed by atoms with van der Waals surface area (Å²) < 4.78 is 0. The van der Waals surface area contributed by atoms with Crippen LogP contribution in [-0.2, 0) is 0 Å². The average molecular weight is 307 g/mol. The molecule has 116 valence electrons. The van der Waals surface area contributed by atoms with E-state index in [9.17, 15) is 5.11 Å². The van der Waals surface area contributed by atoms with Gasteiger partial charge in [0.1, 0.15) is 16.6 Å². The first kappa shape index (κ1) is 16.0. The van der Waals surface area contributed by atoms with Gasteiger partial charge in [-0.05, 0) is 26.2 Å². The number of aromatic nitrogens is 1. The van der Waals surface area contributed by atoms with Gasteiger partial charge in [0.25, 0.3) is 0 Å². The van der Waals surface area contributed by atoms with E-state index in [2.05, 4.69) is 25.8 Å². The molecular formula is C16H25N3OS. The minimum absolute atomic E-state index is 0.275. The second-order valence-electron chi connectivity index (χ2n) is 6.27. The highest BCUT2D eigenvalue weighted by Crippen LogP contribution is 2.31. The van der Waals surface area contributed by atoms with Crippen LogP contribution in [0.2, 0.25) is 0 Å². The molecule has 0 amide bonds. The molecule has 0 fully saturated rings. The monoisotopic (exact) mass is 307 g/mol. The topological polar surface area (TPSA) is 60.2 Å². The number of aryl methyl sites for hydroxylation is 1. The summed E-state index contributed by atoms with van der Waals surface area (Å²) in [5.41, 5.74) is 1.55. The Morgan fingerprint density at radius 1 is 1.38 bits per heavy atom. The molecule has 1 aliphatic rings. The Bertz CT molecular complexity index is 547. The maximum atomic E-state index is 10.2. The lowest BCUT2D eigenvalue weighted by atomic mass is 10.0. The fraction of sp³-hybridized carbons (Fsp3) is 0.625. The van der Waals surface area contributed by atoms with E-state index in [-0.39, 0.29) is 11.8 Å². The molecule has 1 aromatic heterocycles. The van der Waals surface area contributed by atoms with Gasteiger partial charge in [0.2, 0.25) is 0 Å². The van der Waals surface area contributed by atoms with Gasteiger partial charge in [-0.2, -0.15) is 0 Å². The second-order valence-corrected chi connectivity index (χ2v) is 7.12. The molecule has 0 saturated heterocycles. The second kappa shape index (κ2) is 6.60. The molecule has 0 radical (unpaired) electrons. The highest BCUT2D eigenvalue weighted by Gasteiger charge is 2.32. The number of aliphatic hydroxyl groups excluding tert-OH is 1. The molecule has 0 spiro atoms. The standard InChI is InChI=1S/C16H25N3OS/c1-10(2)6-5-7-12(4)19-8-13(20)14(15(19)17)16-18-11(3)9-21-16/h9-10,12,17,20H,5-8H2,1-4H3/t12-/m0/s1. The van der Waals surface area contributed by atoms with Gasteiger partial charge in [0, 0.05) is 17.1 Å². The molecule has 0 aromatic carbocycles. The maximum absolute atomic E-state index is 10.2. The van der Waals surface area contributed by atoms with Crippen molar-refractivity contribution in [2.24, 2.45) is 5.92 Å². The van der Waals surface area contributed by atoms with Crippen LogP contribution in [0.4, 0.5) is 0 Å². The summed E-state index contributed by atoms with van der Waals surface area (Å²) >= 11 is 1.49. The lowest BCUT2D eigenvalue weighted by Crippen LogP contribution is -2.35. The number of thiazole rings is 1.